The Balaban J connectivity index is 0. The summed E-state index contributed by atoms with van der Waals surface area (Å²) in [7, 11) is 0. The molecule has 0 aliphatic rings. The molecular formula is C18H40N2O5. The third-order valence-electron chi connectivity index (χ3n) is 2.39. The van der Waals surface area contributed by atoms with Crippen molar-refractivity contribution >= 4 is 6.41 Å². The van der Waals surface area contributed by atoms with Gasteiger partial charge in [0, 0.05) is 19.1 Å². The van der Waals surface area contributed by atoms with Crippen molar-refractivity contribution in [1.82, 2.24) is 10.6 Å². The molecule has 0 saturated heterocycles. The normalized spacial score (nSPS) is 10.7. The lowest BCUT2D eigenvalue weighted by Gasteiger charge is -2.09. The largest absolute Gasteiger partial charge is 0.378 e. The summed E-state index contributed by atoms with van der Waals surface area (Å²) in [5.74, 6) is 0.833. The maximum Gasteiger partial charge on any atom is 0.207 e. The van der Waals surface area contributed by atoms with Crippen molar-refractivity contribution in [3.8, 4) is 0 Å². The Morgan fingerprint density at radius 1 is 0.680 bits per heavy atom. The van der Waals surface area contributed by atoms with E-state index in [-0.39, 0.29) is 0 Å². The summed E-state index contributed by atoms with van der Waals surface area (Å²) in [6.07, 6.45) is 0.655. The maximum atomic E-state index is 9.95. The molecule has 0 saturated carbocycles. The van der Waals surface area contributed by atoms with Gasteiger partial charge in [-0.3, -0.25) is 4.79 Å². The van der Waals surface area contributed by atoms with Crippen LogP contribution in [-0.2, 0) is 23.7 Å². The minimum absolute atomic E-state index is 0.493. The van der Waals surface area contributed by atoms with E-state index in [1.165, 1.54) is 0 Å². The van der Waals surface area contributed by atoms with Crippen molar-refractivity contribution in [3.05, 3.63) is 0 Å². The van der Waals surface area contributed by atoms with Crippen molar-refractivity contribution in [2.45, 2.75) is 40.7 Å². The second-order valence-electron chi connectivity index (χ2n) is 6.36. The molecular weight excluding hydrogens is 324 g/mol. The lowest BCUT2D eigenvalue weighted by atomic mass is 10.3. The highest BCUT2D eigenvalue weighted by Crippen LogP contribution is 1.83. The highest BCUT2D eigenvalue weighted by Gasteiger charge is 1.94. The van der Waals surface area contributed by atoms with Crippen LogP contribution in [0.15, 0.2) is 0 Å². The van der Waals surface area contributed by atoms with E-state index in [0.29, 0.717) is 71.9 Å². The van der Waals surface area contributed by atoms with Gasteiger partial charge < -0.3 is 29.6 Å². The summed E-state index contributed by atoms with van der Waals surface area (Å²) in [5, 5.41) is 5.79. The predicted molar refractivity (Wildman–Crippen MR) is 101 cm³/mol. The third kappa shape index (κ3) is 35.3. The summed E-state index contributed by atoms with van der Waals surface area (Å²) in [6, 6.07) is 0.493. The second-order valence-corrected chi connectivity index (χ2v) is 6.36. The molecule has 0 atom stereocenters. The number of ether oxygens (including phenoxy) is 4. The van der Waals surface area contributed by atoms with Gasteiger partial charge in [-0.2, -0.15) is 0 Å². The van der Waals surface area contributed by atoms with E-state index in [9.17, 15) is 4.79 Å². The molecule has 25 heavy (non-hydrogen) atoms. The van der Waals surface area contributed by atoms with Crippen LogP contribution in [0.2, 0.25) is 0 Å². The van der Waals surface area contributed by atoms with Crippen molar-refractivity contribution in [3.63, 3.8) is 0 Å². The van der Waals surface area contributed by atoms with Crippen LogP contribution < -0.4 is 10.6 Å². The zero-order chi connectivity index (χ0) is 19.2. The molecule has 0 rings (SSSR count). The Kier molecular flexibility index (Phi) is 24.7. The van der Waals surface area contributed by atoms with Crippen LogP contribution in [0.5, 0.6) is 0 Å². The van der Waals surface area contributed by atoms with Crippen molar-refractivity contribution < 1.29 is 23.7 Å². The molecule has 7 heteroatoms. The van der Waals surface area contributed by atoms with Gasteiger partial charge in [0.05, 0.1) is 52.9 Å². The molecule has 1 amide bonds. The van der Waals surface area contributed by atoms with Gasteiger partial charge in [-0.15, -0.1) is 0 Å². The molecule has 0 aromatic rings. The SMILES string of the molecule is CC(C)C.CC(C)NCCOCCOCCOCCOCCNC=O. The van der Waals surface area contributed by atoms with Gasteiger partial charge in [0.25, 0.3) is 0 Å². The molecule has 2 N–H and O–H groups in total. The van der Waals surface area contributed by atoms with E-state index >= 15 is 0 Å². The highest BCUT2D eigenvalue weighted by molar-refractivity contribution is 5.45. The Morgan fingerprint density at radius 2 is 1.04 bits per heavy atom. The van der Waals surface area contributed by atoms with Gasteiger partial charge in [0.1, 0.15) is 0 Å². The van der Waals surface area contributed by atoms with E-state index in [1.54, 1.807) is 0 Å². The monoisotopic (exact) mass is 364 g/mol. The fraction of sp³-hybridized carbons (Fsp3) is 0.944. The number of rotatable bonds is 17. The van der Waals surface area contributed by atoms with Gasteiger partial charge in [-0.1, -0.05) is 34.6 Å². The van der Waals surface area contributed by atoms with Crippen LogP contribution in [0.4, 0.5) is 0 Å². The minimum atomic E-state index is 0.493. The van der Waals surface area contributed by atoms with E-state index in [4.69, 9.17) is 18.9 Å². The average Bonchev–Trinajstić information content (AvgIpc) is 2.53. The molecule has 0 aromatic carbocycles. The number of carbonyl (C=O) groups is 1. The van der Waals surface area contributed by atoms with Gasteiger partial charge in [-0.05, 0) is 5.92 Å². The first kappa shape index (κ1) is 26.5. The predicted octanol–water partition coefficient (Wildman–Crippen LogP) is 1.46. The fourth-order valence-corrected chi connectivity index (χ4v) is 1.37. The van der Waals surface area contributed by atoms with E-state index in [2.05, 4.69) is 45.3 Å². The van der Waals surface area contributed by atoms with Crippen LogP contribution >= 0.6 is 0 Å². The highest BCUT2D eigenvalue weighted by atomic mass is 16.6. The molecule has 0 aliphatic heterocycles. The van der Waals surface area contributed by atoms with Gasteiger partial charge in [0.15, 0.2) is 0 Å². The van der Waals surface area contributed by atoms with Gasteiger partial charge in [0.2, 0.25) is 6.41 Å². The number of carbonyl (C=O) groups excluding carboxylic acids is 1. The zero-order valence-corrected chi connectivity index (χ0v) is 16.8. The molecule has 0 aromatic heterocycles. The number of nitrogens with one attached hydrogen (secondary N) is 2. The van der Waals surface area contributed by atoms with Gasteiger partial charge in [-0.25, -0.2) is 0 Å². The summed E-state index contributed by atoms with van der Waals surface area (Å²) < 4.78 is 21.3. The molecule has 0 bridgehead atoms. The Morgan fingerprint density at radius 3 is 1.40 bits per heavy atom. The molecule has 0 heterocycles. The Bertz CT molecular complexity index is 251. The first-order chi connectivity index (χ1) is 12.0. The van der Waals surface area contributed by atoms with E-state index in [1.807, 2.05) is 0 Å². The lowest BCUT2D eigenvalue weighted by Crippen LogP contribution is -2.27. The average molecular weight is 365 g/mol. The Hall–Kier alpha value is -0.730. The van der Waals surface area contributed by atoms with Crippen LogP contribution in [0.3, 0.4) is 0 Å². The van der Waals surface area contributed by atoms with E-state index < -0.39 is 0 Å². The first-order valence-corrected chi connectivity index (χ1v) is 9.22. The topological polar surface area (TPSA) is 78.1 Å². The smallest absolute Gasteiger partial charge is 0.207 e. The standard InChI is InChI=1S/C14H30N2O5.C4H10/c1-14(2)16-4-6-19-8-10-21-12-11-20-9-7-18-5-3-15-13-17;1-4(2)3/h13-14,16H,3-12H2,1-2H3,(H,15,17);4H,1-3H3. The van der Waals surface area contributed by atoms with Crippen LogP contribution in [0, 0.1) is 5.92 Å². The van der Waals surface area contributed by atoms with Crippen molar-refractivity contribution in [2.75, 3.05) is 65.9 Å². The Labute approximate surface area is 154 Å². The summed E-state index contributed by atoms with van der Waals surface area (Å²) in [5.41, 5.74) is 0. The second kappa shape index (κ2) is 23.3. The molecule has 0 unspecified atom stereocenters. The fourth-order valence-electron chi connectivity index (χ4n) is 1.37. The number of amides is 1. The summed E-state index contributed by atoms with van der Waals surface area (Å²) in [4.78, 5) is 9.95. The lowest BCUT2D eigenvalue weighted by molar-refractivity contribution is -0.109. The number of hydrogen-bond acceptors (Lipinski definition) is 6. The quantitative estimate of drug-likeness (QED) is 0.301. The van der Waals surface area contributed by atoms with E-state index in [0.717, 1.165) is 12.5 Å². The number of hydrogen-bond donors (Lipinski definition) is 2. The van der Waals surface area contributed by atoms with Crippen LogP contribution in [0.25, 0.3) is 0 Å². The first-order valence-electron chi connectivity index (χ1n) is 9.22. The third-order valence-corrected chi connectivity index (χ3v) is 2.39. The molecule has 0 radical (unpaired) electrons. The minimum Gasteiger partial charge on any atom is -0.378 e. The van der Waals surface area contributed by atoms with Crippen molar-refractivity contribution in [2.24, 2.45) is 5.92 Å². The summed E-state index contributed by atoms with van der Waals surface area (Å²) in [6.45, 7) is 16.6. The molecule has 0 fully saturated rings. The molecule has 0 aliphatic carbocycles. The van der Waals surface area contributed by atoms with Crippen LogP contribution in [0.1, 0.15) is 34.6 Å². The molecule has 7 nitrogen and oxygen atoms in total. The van der Waals surface area contributed by atoms with Crippen LogP contribution in [-0.4, -0.2) is 78.4 Å². The maximum absolute atomic E-state index is 9.95. The zero-order valence-electron chi connectivity index (χ0n) is 16.8. The van der Waals surface area contributed by atoms with Gasteiger partial charge >= 0.3 is 0 Å². The van der Waals surface area contributed by atoms with Crippen molar-refractivity contribution in [1.29, 1.82) is 0 Å². The molecule has 152 valence electrons. The summed E-state index contributed by atoms with van der Waals surface area (Å²) >= 11 is 0. The molecule has 0 spiro atoms.